The molecule has 6 heteroatoms. The number of hydrogen-bond acceptors (Lipinski definition) is 5. The second-order valence-corrected chi connectivity index (χ2v) is 10.6. The quantitative estimate of drug-likeness (QED) is 0.158. The van der Waals surface area contributed by atoms with E-state index in [0.29, 0.717) is 22.5 Å². The number of ether oxygens (including phenoxy) is 1. The Kier molecular flexibility index (Phi) is 8.16. The first kappa shape index (κ1) is 29.2. The Labute approximate surface area is 280 Å². The van der Waals surface area contributed by atoms with Gasteiger partial charge in [0.1, 0.15) is 0 Å². The van der Waals surface area contributed by atoms with Crippen LogP contribution in [0.5, 0.6) is 11.5 Å². The third kappa shape index (κ3) is 5.81. The molecule has 46 heavy (non-hydrogen) atoms. The molecule has 8 rings (SSSR count). The van der Waals surface area contributed by atoms with E-state index in [1.807, 2.05) is 97.3 Å². The van der Waals surface area contributed by atoms with Crippen LogP contribution >= 0.6 is 0 Å². The van der Waals surface area contributed by atoms with Gasteiger partial charge in [0.15, 0.2) is 0 Å². The molecule has 0 fully saturated rings. The van der Waals surface area contributed by atoms with Crippen LogP contribution in [0, 0.1) is 12.1 Å². The van der Waals surface area contributed by atoms with E-state index < -0.39 is 0 Å². The standard InChI is InChI=1S/C40H24N4O.Pt/c1-3-9-27(10-4-1)29-15-19-41-35(23-29)33-21-31-13-7-17-43-39(31)37(25-33)45-38-26-34(22-32-14-8-18-44-40(32)38)36-24-30(16-20-42-36)28-11-5-2-6-12-28;/h1-24H;/q-2;+2. The summed E-state index contributed by atoms with van der Waals surface area (Å²) in [6.07, 6.45) is 7.16. The summed E-state index contributed by atoms with van der Waals surface area (Å²) >= 11 is 0. The van der Waals surface area contributed by atoms with Gasteiger partial charge in [-0.05, 0) is 57.9 Å². The number of aromatic nitrogens is 4. The van der Waals surface area contributed by atoms with Gasteiger partial charge in [-0.3, -0.25) is 0 Å². The molecular formula is C40H24N4OPt. The number of nitrogens with zero attached hydrogens (tertiary/aromatic N) is 4. The zero-order valence-electron chi connectivity index (χ0n) is 24.4. The molecule has 0 aliphatic carbocycles. The minimum absolute atomic E-state index is 0. The van der Waals surface area contributed by atoms with Gasteiger partial charge in [0, 0.05) is 35.8 Å². The van der Waals surface area contributed by atoms with Gasteiger partial charge in [0.25, 0.3) is 0 Å². The number of hydrogen-bond donors (Lipinski definition) is 0. The topological polar surface area (TPSA) is 60.8 Å². The van der Waals surface area contributed by atoms with Crippen molar-refractivity contribution in [2.75, 3.05) is 0 Å². The van der Waals surface area contributed by atoms with Gasteiger partial charge in [0.05, 0.1) is 11.5 Å². The van der Waals surface area contributed by atoms with E-state index >= 15 is 0 Å². The predicted molar refractivity (Wildman–Crippen MR) is 179 cm³/mol. The van der Waals surface area contributed by atoms with E-state index in [1.165, 1.54) is 0 Å². The molecule has 0 N–H and O–H groups in total. The van der Waals surface area contributed by atoms with Crippen LogP contribution in [0.1, 0.15) is 0 Å². The van der Waals surface area contributed by atoms with Crippen molar-refractivity contribution in [3.63, 3.8) is 0 Å². The molecule has 0 saturated heterocycles. The zero-order valence-corrected chi connectivity index (χ0v) is 26.6. The van der Waals surface area contributed by atoms with Crippen molar-refractivity contribution >= 4 is 21.8 Å². The van der Waals surface area contributed by atoms with Crippen molar-refractivity contribution in [1.29, 1.82) is 0 Å². The van der Waals surface area contributed by atoms with Crippen LogP contribution < -0.4 is 4.74 Å². The van der Waals surface area contributed by atoms with Crippen molar-refractivity contribution in [2.24, 2.45) is 0 Å². The normalized spacial score (nSPS) is 10.9. The van der Waals surface area contributed by atoms with Crippen molar-refractivity contribution in [2.45, 2.75) is 0 Å². The van der Waals surface area contributed by atoms with Crippen molar-refractivity contribution < 1.29 is 25.8 Å². The van der Waals surface area contributed by atoms with Gasteiger partial charge >= 0.3 is 21.1 Å². The monoisotopic (exact) mass is 771 g/mol. The van der Waals surface area contributed by atoms with Gasteiger partial charge in [0.2, 0.25) is 0 Å². The average Bonchev–Trinajstić information content (AvgIpc) is 3.12. The number of pyridine rings is 4. The maximum Gasteiger partial charge on any atom is 2.00 e. The fraction of sp³-hybridized carbons (Fsp3) is 0. The maximum absolute atomic E-state index is 6.67. The Morgan fingerprint density at radius 2 is 0.870 bits per heavy atom. The van der Waals surface area contributed by atoms with E-state index in [9.17, 15) is 0 Å². The van der Waals surface area contributed by atoms with Gasteiger partial charge < -0.3 is 24.7 Å². The van der Waals surface area contributed by atoms with Gasteiger partial charge in [-0.25, -0.2) is 0 Å². The van der Waals surface area contributed by atoms with Gasteiger partial charge in [-0.15, -0.1) is 23.3 Å². The van der Waals surface area contributed by atoms with Gasteiger partial charge in [-0.2, -0.15) is 0 Å². The van der Waals surface area contributed by atoms with E-state index in [4.69, 9.17) is 14.7 Å². The summed E-state index contributed by atoms with van der Waals surface area (Å²) in [5.74, 6) is 0.947. The Morgan fingerprint density at radius 3 is 1.33 bits per heavy atom. The van der Waals surface area contributed by atoms with Crippen molar-refractivity contribution in [3.05, 3.63) is 158 Å². The fourth-order valence-electron chi connectivity index (χ4n) is 5.50. The van der Waals surface area contributed by atoms with Crippen LogP contribution in [0.25, 0.3) is 66.6 Å². The average molecular weight is 772 g/mol. The SMILES string of the molecule is [Pt+2].[c-]1c(-c2cc(-c3ccccc3)ccn2)cc2cccnc2c1Oc1[c-]c(-c2cc(-c3ccccc3)ccn2)cc2cccnc12. The number of benzene rings is 4. The van der Waals surface area contributed by atoms with Crippen LogP contribution in [0.3, 0.4) is 0 Å². The van der Waals surface area contributed by atoms with Crippen LogP contribution in [0.2, 0.25) is 0 Å². The molecule has 4 aromatic heterocycles. The van der Waals surface area contributed by atoms with Crippen LogP contribution in [0.4, 0.5) is 0 Å². The van der Waals surface area contributed by atoms with Crippen LogP contribution in [-0.4, -0.2) is 19.9 Å². The van der Waals surface area contributed by atoms with Crippen molar-refractivity contribution in [1.82, 2.24) is 19.9 Å². The molecule has 0 spiro atoms. The number of rotatable bonds is 6. The Bertz CT molecular complexity index is 2150. The van der Waals surface area contributed by atoms with Crippen LogP contribution in [0.15, 0.2) is 146 Å². The van der Waals surface area contributed by atoms with Gasteiger partial charge in [-0.1, -0.05) is 108 Å². The van der Waals surface area contributed by atoms with E-state index in [0.717, 1.165) is 55.5 Å². The molecule has 0 unspecified atom stereocenters. The Hall–Kier alpha value is -5.51. The summed E-state index contributed by atoms with van der Waals surface area (Å²) in [5.41, 5.74) is 8.93. The van der Waals surface area contributed by atoms with Crippen LogP contribution in [-0.2, 0) is 21.1 Å². The largest absolute Gasteiger partial charge is 2.00 e. The first-order valence-electron chi connectivity index (χ1n) is 14.6. The minimum Gasteiger partial charge on any atom is -0.492 e. The van der Waals surface area contributed by atoms with E-state index in [-0.39, 0.29) is 21.1 Å². The first-order valence-corrected chi connectivity index (χ1v) is 14.6. The molecule has 4 aromatic carbocycles. The second-order valence-electron chi connectivity index (χ2n) is 10.6. The summed E-state index contributed by atoms with van der Waals surface area (Å²) in [5, 5.41) is 1.83. The summed E-state index contributed by atoms with van der Waals surface area (Å²) in [4.78, 5) is 18.7. The zero-order chi connectivity index (χ0) is 30.0. The molecule has 0 amide bonds. The fourth-order valence-corrected chi connectivity index (χ4v) is 5.50. The minimum atomic E-state index is 0. The molecule has 0 aliphatic heterocycles. The Morgan fingerprint density at radius 1 is 0.413 bits per heavy atom. The molecule has 0 saturated carbocycles. The molecular weight excluding hydrogens is 748 g/mol. The molecule has 0 atom stereocenters. The predicted octanol–water partition coefficient (Wildman–Crippen LogP) is 9.63. The number of fused-ring (bicyclic) bond motifs is 2. The molecule has 4 heterocycles. The third-order valence-electron chi connectivity index (χ3n) is 7.69. The second kappa shape index (κ2) is 12.8. The summed E-state index contributed by atoms with van der Waals surface area (Å²) in [6, 6.07) is 47.6. The molecule has 8 aromatic rings. The van der Waals surface area contributed by atoms with E-state index in [1.54, 1.807) is 12.4 Å². The molecule has 220 valence electrons. The summed E-state index contributed by atoms with van der Waals surface area (Å²) in [6.45, 7) is 0. The third-order valence-corrected chi connectivity index (χ3v) is 7.69. The first-order chi connectivity index (χ1) is 22.3. The smallest absolute Gasteiger partial charge is 0.492 e. The molecule has 0 bridgehead atoms. The van der Waals surface area contributed by atoms with E-state index in [2.05, 4.69) is 58.5 Å². The summed E-state index contributed by atoms with van der Waals surface area (Å²) in [7, 11) is 0. The maximum atomic E-state index is 6.67. The molecule has 0 aliphatic rings. The summed E-state index contributed by atoms with van der Waals surface area (Å²) < 4.78 is 6.67. The Balaban J connectivity index is 0.00000338. The van der Waals surface area contributed by atoms with Crippen molar-refractivity contribution in [3.8, 4) is 56.3 Å². The molecule has 0 radical (unpaired) electrons. The molecule has 5 nitrogen and oxygen atoms in total.